The highest BCUT2D eigenvalue weighted by molar-refractivity contribution is 7.99. The first kappa shape index (κ1) is 15.6. The molecule has 0 radical (unpaired) electrons. The van der Waals surface area contributed by atoms with Gasteiger partial charge in [-0.3, -0.25) is 0 Å². The molecule has 0 aromatic heterocycles. The Morgan fingerprint density at radius 1 is 1.10 bits per heavy atom. The summed E-state index contributed by atoms with van der Waals surface area (Å²) in [6.07, 6.45) is -4.80. The van der Waals surface area contributed by atoms with Crippen molar-refractivity contribution < 1.29 is 29.9 Å². The minimum Gasteiger partial charge on any atom is -0.497 e. The minimum absolute atomic E-state index is 0.426. The molecule has 1 aromatic rings. The van der Waals surface area contributed by atoms with E-state index in [0.717, 1.165) is 4.90 Å². The first-order chi connectivity index (χ1) is 9.56. The number of benzene rings is 1. The number of ether oxygens (including phenoxy) is 2. The van der Waals surface area contributed by atoms with Crippen molar-refractivity contribution in [1.29, 1.82) is 0 Å². The van der Waals surface area contributed by atoms with E-state index in [2.05, 4.69) is 0 Å². The zero-order chi connectivity index (χ0) is 14.7. The molecule has 0 amide bonds. The van der Waals surface area contributed by atoms with Crippen LogP contribution in [-0.4, -0.2) is 64.0 Å². The van der Waals surface area contributed by atoms with Crippen LogP contribution in [0.25, 0.3) is 0 Å². The van der Waals surface area contributed by atoms with Crippen LogP contribution in [0.3, 0.4) is 0 Å². The van der Waals surface area contributed by atoms with E-state index >= 15 is 0 Å². The van der Waals surface area contributed by atoms with Crippen molar-refractivity contribution in [3.8, 4) is 5.75 Å². The molecule has 2 rings (SSSR count). The minimum atomic E-state index is -1.35. The Balaban J connectivity index is 2.06. The summed E-state index contributed by atoms with van der Waals surface area (Å²) in [5.41, 5.74) is -0.765. The van der Waals surface area contributed by atoms with E-state index in [1.807, 2.05) is 0 Å². The Bertz CT molecular complexity index is 423. The highest BCUT2D eigenvalue weighted by Crippen LogP contribution is 2.33. The van der Waals surface area contributed by atoms with Crippen LogP contribution in [0.5, 0.6) is 5.75 Å². The summed E-state index contributed by atoms with van der Waals surface area (Å²) in [4.78, 5) is 0.815. The summed E-state index contributed by atoms with van der Waals surface area (Å²) >= 11 is 1.21. The van der Waals surface area contributed by atoms with Crippen molar-refractivity contribution in [2.45, 2.75) is 34.7 Å². The van der Waals surface area contributed by atoms with E-state index in [4.69, 9.17) is 14.6 Å². The molecule has 5 atom stereocenters. The average molecular weight is 302 g/mol. The molecule has 0 aliphatic carbocycles. The van der Waals surface area contributed by atoms with E-state index in [0.29, 0.717) is 5.75 Å². The van der Waals surface area contributed by atoms with E-state index in [1.54, 1.807) is 31.4 Å². The Morgan fingerprint density at radius 3 is 2.30 bits per heavy atom. The third-order valence-corrected chi connectivity index (χ3v) is 4.33. The van der Waals surface area contributed by atoms with Gasteiger partial charge in [-0.05, 0) is 24.3 Å². The highest BCUT2D eigenvalue weighted by atomic mass is 32.2. The summed E-state index contributed by atoms with van der Waals surface area (Å²) in [6.45, 7) is -0.426. The normalized spacial score (nSPS) is 34.0. The van der Waals surface area contributed by atoms with Crippen LogP contribution in [0, 0.1) is 0 Å². The smallest absolute Gasteiger partial charge is 0.136 e. The van der Waals surface area contributed by atoms with Gasteiger partial charge in [-0.15, -0.1) is 0 Å². The molecule has 1 heterocycles. The molecule has 1 aromatic carbocycles. The Labute approximate surface area is 121 Å². The summed E-state index contributed by atoms with van der Waals surface area (Å²) in [7, 11) is 1.57. The maximum atomic E-state index is 9.92. The molecular weight excluding hydrogens is 284 g/mol. The van der Waals surface area contributed by atoms with Crippen molar-refractivity contribution in [2.24, 2.45) is 0 Å². The second kappa shape index (κ2) is 6.75. The van der Waals surface area contributed by atoms with Crippen LogP contribution in [0.15, 0.2) is 29.2 Å². The predicted octanol–water partition coefficient (Wildman–Crippen LogP) is -0.413. The van der Waals surface area contributed by atoms with Crippen molar-refractivity contribution >= 4 is 11.8 Å². The van der Waals surface area contributed by atoms with Crippen molar-refractivity contribution in [1.82, 2.24) is 0 Å². The van der Waals surface area contributed by atoms with Gasteiger partial charge in [0.25, 0.3) is 0 Å². The molecule has 20 heavy (non-hydrogen) atoms. The second-order valence-corrected chi connectivity index (χ2v) is 5.66. The van der Waals surface area contributed by atoms with Gasteiger partial charge < -0.3 is 29.9 Å². The molecule has 0 saturated carbocycles. The van der Waals surface area contributed by atoms with Gasteiger partial charge in [0, 0.05) is 4.90 Å². The van der Waals surface area contributed by atoms with Crippen LogP contribution >= 0.6 is 11.8 Å². The highest BCUT2D eigenvalue weighted by Gasteiger charge is 2.43. The van der Waals surface area contributed by atoms with Gasteiger partial charge >= 0.3 is 0 Å². The van der Waals surface area contributed by atoms with E-state index in [9.17, 15) is 15.3 Å². The molecule has 1 aliphatic rings. The third-order valence-electron chi connectivity index (χ3n) is 3.16. The number of aliphatic hydroxyl groups is 4. The van der Waals surface area contributed by atoms with Gasteiger partial charge in [-0.2, -0.15) is 0 Å². The van der Waals surface area contributed by atoms with E-state index in [1.165, 1.54) is 11.8 Å². The van der Waals surface area contributed by atoms with Crippen LogP contribution < -0.4 is 4.74 Å². The lowest BCUT2D eigenvalue weighted by molar-refractivity contribution is -0.205. The second-order valence-electron chi connectivity index (χ2n) is 4.49. The Morgan fingerprint density at radius 2 is 1.75 bits per heavy atom. The molecule has 7 heteroatoms. The summed E-state index contributed by atoms with van der Waals surface area (Å²) in [5, 5.41) is 38.4. The molecule has 112 valence electrons. The SMILES string of the molecule is COc1ccc(S[C@@H]2O[C@H](CO)[C@@H](O)[C@H](O)[C@H]2O)cc1. The quantitative estimate of drug-likeness (QED) is 0.600. The molecule has 0 spiro atoms. The van der Waals surface area contributed by atoms with Crippen LogP contribution in [0.1, 0.15) is 0 Å². The van der Waals surface area contributed by atoms with Crippen molar-refractivity contribution in [3.05, 3.63) is 24.3 Å². The first-order valence-corrected chi connectivity index (χ1v) is 7.06. The monoisotopic (exact) mass is 302 g/mol. The standard InChI is InChI=1S/C13H18O6S/c1-18-7-2-4-8(5-3-7)20-13-12(17)11(16)10(15)9(6-14)19-13/h2-5,9-17H,6H2,1H3/t9-,10-,11+,12-,13+/m1/s1. The molecule has 1 aliphatic heterocycles. The molecule has 0 bridgehead atoms. The van der Waals surface area contributed by atoms with Crippen LogP contribution in [0.4, 0.5) is 0 Å². The third kappa shape index (κ3) is 3.25. The topological polar surface area (TPSA) is 99.4 Å². The summed E-state index contributed by atoms with van der Waals surface area (Å²) < 4.78 is 10.5. The predicted molar refractivity (Wildman–Crippen MR) is 72.6 cm³/mol. The number of methoxy groups -OCH3 is 1. The fourth-order valence-electron chi connectivity index (χ4n) is 1.95. The summed E-state index contributed by atoms with van der Waals surface area (Å²) in [5.74, 6) is 0.711. The molecule has 4 N–H and O–H groups in total. The number of rotatable bonds is 4. The zero-order valence-electron chi connectivity index (χ0n) is 10.9. The first-order valence-electron chi connectivity index (χ1n) is 6.18. The molecule has 0 unspecified atom stereocenters. The van der Waals surface area contributed by atoms with Gasteiger partial charge in [-0.25, -0.2) is 0 Å². The zero-order valence-corrected chi connectivity index (χ0v) is 11.7. The number of thioether (sulfide) groups is 1. The van der Waals surface area contributed by atoms with Crippen LogP contribution in [0.2, 0.25) is 0 Å². The van der Waals surface area contributed by atoms with E-state index < -0.39 is 36.5 Å². The molecule has 6 nitrogen and oxygen atoms in total. The number of hydrogen-bond acceptors (Lipinski definition) is 7. The Kier molecular flexibility index (Phi) is 5.25. The maximum Gasteiger partial charge on any atom is 0.136 e. The Hall–Kier alpha value is -0.830. The average Bonchev–Trinajstić information content (AvgIpc) is 2.48. The van der Waals surface area contributed by atoms with Crippen molar-refractivity contribution in [3.63, 3.8) is 0 Å². The lowest BCUT2D eigenvalue weighted by Gasteiger charge is -2.39. The van der Waals surface area contributed by atoms with Crippen LogP contribution in [-0.2, 0) is 4.74 Å². The molecule has 1 fully saturated rings. The fraction of sp³-hybridized carbons (Fsp3) is 0.538. The van der Waals surface area contributed by atoms with Crippen molar-refractivity contribution in [2.75, 3.05) is 13.7 Å². The lowest BCUT2D eigenvalue weighted by Crippen LogP contribution is -2.57. The molecule has 1 saturated heterocycles. The van der Waals surface area contributed by atoms with Gasteiger partial charge in [-0.1, -0.05) is 11.8 Å². The van der Waals surface area contributed by atoms with E-state index in [-0.39, 0.29) is 0 Å². The maximum absolute atomic E-state index is 9.92. The lowest BCUT2D eigenvalue weighted by atomic mass is 10.0. The van der Waals surface area contributed by atoms with Gasteiger partial charge in [0.1, 0.15) is 35.6 Å². The van der Waals surface area contributed by atoms with Gasteiger partial charge in [0.2, 0.25) is 0 Å². The molecular formula is C13H18O6S. The van der Waals surface area contributed by atoms with Gasteiger partial charge in [0.05, 0.1) is 13.7 Å². The largest absolute Gasteiger partial charge is 0.497 e. The number of aliphatic hydroxyl groups excluding tert-OH is 4. The summed E-state index contributed by atoms with van der Waals surface area (Å²) in [6, 6.07) is 7.13. The number of hydrogen-bond donors (Lipinski definition) is 4. The van der Waals surface area contributed by atoms with Gasteiger partial charge in [0.15, 0.2) is 0 Å². The fourth-order valence-corrected chi connectivity index (χ4v) is 3.01.